The van der Waals surface area contributed by atoms with E-state index in [1.54, 1.807) is 42.5 Å². The fraction of sp³-hybridized carbons (Fsp3) is 0.0800. The molecule has 0 unspecified atom stereocenters. The zero-order valence-electron chi connectivity index (χ0n) is 17.7. The van der Waals surface area contributed by atoms with Gasteiger partial charge in [-0.05, 0) is 72.3 Å². The van der Waals surface area contributed by atoms with E-state index in [0.29, 0.717) is 39.3 Å². The highest BCUT2D eigenvalue weighted by Crippen LogP contribution is 2.32. The van der Waals surface area contributed by atoms with Gasteiger partial charge in [-0.3, -0.25) is 9.59 Å². The lowest BCUT2D eigenvalue weighted by Gasteiger charge is -2.09. The molecule has 0 spiro atoms. The van der Waals surface area contributed by atoms with Crippen molar-refractivity contribution in [2.45, 2.75) is 16.5 Å². The first-order valence-electron chi connectivity index (χ1n) is 10.4. The number of ether oxygens (including phenoxy) is 2. The number of fused-ring (bicyclic) bond motifs is 1. The zero-order valence-corrected chi connectivity index (χ0v) is 19.3. The molecule has 3 aromatic carbocycles. The number of aromatic nitrogens is 2. The van der Waals surface area contributed by atoms with E-state index in [-0.39, 0.29) is 18.3 Å². The first-order chi connectivity index (χ1) is 16.5. The molecule has 1 aliphatic rings. The number of hydrogen-bond donors (Lipinski definition) is 1. The van der Waals surface area contributed by atoms with Gasteiger partial charge < -0.3 is 14.8 Å². The second-order valence-electron chi connectivity index (χ2n) is 7.39. The van der Waals surface area contributed by atoms with Crippen molar-refractivity contribution in [1.82, 2.24) is 15.1 Å². The Hall–Kier alpha value is -3.75. The van der Waals surface area contributed by atoms with Gasteiger partial charge in [0.15, 0.2) is 11.5 Å². The van der Waals surface area contributed by atoms with Gasteiger partial charge in [-0.1, -0.05) is 29.4 Å². The minimum atomic E-state index is -0.263. The Bertz CT molecular complexity index is 1410. The van der Waals surface area contributed by atoms with E-state index in [4.69, 9.17) is 21.1 Å². The summed E-state index contributed by atoms with van der Waals surface area (Å²) >= 11 is 7.36. The van der Waals surface area contributed by atoms with Crippen LogP contribution >= 0.6 is 23.4 Å². The van der Waals surface area contributed by atoms with Crippen LogP contribution in [0, 0.1) is 0 Å². The molecule has 1 N–H and O–H groups in total. The maximum atomic E-state index is 12.6. The average Bonchev–Trinajstić information content (AvgIpc) is 3.33. The Morgan fingerprint density at radius 2 is 1.74 bits per heavy atom. The Kier molecular flexibility index (Phi) is 6.24. The van der Waals surface area contributed by atoms with Crippen LogP contribution in [0.2, 0.25) is 5.02 Å². The van der Waals surface area contributed by atoms with Crippen LogP contribution in [0.4, 0.5) is 0 Å². The van der Waals surface area contributed by atoms with Crippen LogP contribution in [-0.4, -0.2) is 22.5 Å². The molecular weight excluding hydrogens is 474 g/mol. The molecule has 34 heavy (non-hydrogen) atoms. The van der Waals surface area contributed by atoms with Gasteiger partial charge in [-0.25, -0.2) is 0 Å². The lowest BCUT2D eigenvalue weighted by atomic mass is 10.1. The van der Waals surface area contributed by atoms with E-state index in [0.717, 1.165) is 10.5 Å². The Labute approximate surface area is 204 Å². The minimum absolute atomic E-state index is 0.207. The molecule has 0 radical (unpaired) electrons. The van der Waals surface area contributed by atoms with Gasteiger partial charge in [-0.15, -0.1) is 0 Å². The molecule has 0 saturated carbocycles. The summed E-state index contributed by atoms with van der Waals surface area (Å²) < 4.78 is 12.0. The molecule has 0 fully saturated rings. The van der Waals surface area contributed by atoms with Crippen LogP contribution in [0.5, 0.6) is 11.5 Å². The highest BCUT2D eigenvalue weighted by atomic mass is 35.5. The van der Waals surface area contributed by atoms with Gasteiger partial charge in [0.2, 0.25) is 6.79 Å². The summed E-state index contributed by atoms with van der Waals surface area (Å²) in [5.74, 6) is 1.15. The molecule has 5 rings (SSSR count). The van der Waals surface area contributed by atoms with E-state index in [1.807, 2.05) is 30.3 Å². The molecule has 7 nitrogen and oxygen atoms in total. The number of benzene rings is 3. The standard InChI is InChI=1S/C25H18ClN3O4S/c26-18-4-8-20(9-5-18)34-23-11-12-24(30)29(28-23)19-6-2-17(3-7-19)25(31)27-14-16-1-10-21-22(13-16)33-15-32-21/h1-13H,14-15H2,(H,27,31). The summed E-state index contributed by atoms with van der Waals surface area (Å²) in [6, 6.07) is 22.8. The molecule has 0 bridgehead atoms. The summed E-state index contributed by atoms with van der Waals surface area (Å²) in [5.41, 5.74) is 1.68. The normalized spacial score (nSPS) is 11.9. The van der Waals surface area contributed by atoms with Crippen molar-refractivity contribution >= 4 is 29.3 Å². The van der Waals surface area contributed by atoms with E-state index >= 15 is 0 Å². The topological polar surface area (TPSA) is 82.4 Å². The Morgan fingerprint density at radius 1 is 0.971 bits per heavy atom. The zero-order chi connectivity index (χ0) is 23.5. The van der Waals surface area contributed by atoms with Gasteiger partial charge in [-0.2, -0.15) is 9.78 Å². The summed E-state index contributed by atoms with van der Waals surface area (Å²) in [7, 11) is 0. The summed E-state index contributed by atoms with van der Waals surface area (Å²) in [4.78, 5) is 25.9. The third kappa shape index (κ3) is 4.93. The van der Waals surface area contributed by atoms with Crippen molar-refractivity contribution in [3.63, 3.8) is 0 Å². The van der Waals surface area contributed by atoms with E-state index < -0.39 is 0 Å². The van der Waals surface area contributed by atoms with Gasteiger partial charge in [0.05, 0.1) is 5.69 Å². The number of carbonyl (C=O) groups is 1. The van der Waals surface area contributed by atoms with E-state index in [2.05, 4.69) is 10.4 Å². The number of nitrogens with zero attached hydrogens (tertiary/aromatic N) is 2. The van der Waals surface area contributed by atoms with E-state index in [9.17, 15) is 9.59 Å². The fourth-order valence-electron chi connectivity index (χ4n) is 3.35. The van der Waals surface area contributed by atoms with Crippen LogP contribution in [0.15, 0.2) is 93.6 Å². The second kappa shape index (κ2) is 9.62. The maximum Gasteiger partial charge on any atom is 0.271 e. The van der Waals surface area contributed by atoms with Crippen molar-refractivity contribution in [2.75, 3.05) is 6.79 Å². The molecule has 0 aliphatic carbocycles. The second-order valence-corrected chi connectivity index (χ2v) is 8.93. The first kappa shape index (κ1) is 22.1. The molecule has 0 saturated heterocycles. The number of hydrogen-bond acceptors (Lipinski definition) is 6. The van der Waals surface area contributed by atoms with Crippen molar-refractivity contribution in [3.8, 4) is 17.2 Å². The average molecular weight is 492 g/mol. The fourth-order valence-corrected chi connectivity index (χ4v) is 4.24. The van der Waals surface area contributed by atoms with Crippen molar-refractivity contribution < 1.29 is 14.3 Å². The molecule has 1 aliphatic heterocycles. The third-order valence-corrected chi connectivity index (χ3v) is 6.26. The number of halogens is 1. The highest BCUT2D eigenvalue weighted by molar-refractivity contribution is 7.99. The van der Waals surface area contributed by atoms with Gasteiger partial charge >= 0.3 is 0 Å². The molecule has 9 heteroatoms. The Morgan fingerprint density at radius 3 is 2.53 bits per heavy atom. The maximum absolute atomic E-state index is 12.6. The summed E-state index contributed by atoms with van der Waals surface area (Å²) in [6.07, 6.45) is 0. The van der Waals surface area contributed by atoms with Crippen LogP contribution in [0.1, 0.15) is 15.9 Å². The van der Waals surface area contributed by atoms with Crippen molar-refractivity contribution in [3.05, 3.63) is 105 Å². The van der Waals surface area contributed by atoms with Gasteiger partial charge in [0.25, 0.3) is 11.5 Å². The number of carbonyl (C=O) groups excluding carboxylic acids is 1. The monoisotopic (exact) mass is 491 g/mol. The Balaban J connectivity index is 1.27. The predicted octanol–water partition coefficient (Wildman–Crippen LogP) is 4.70. The largest absolute Gasteiger partial charge is 0.454 e. The lowest BCUT2D eigenvalue weighted by Crippen LogP contribution is -2.23. The molecule has 1 amide bonds. The van der Waals surface area contributed by atoms with Crippen LogP contribution in [-0.2, 0) is 6.54 Å². The lowest BCUT2D eigenvalue weighted by molar-refractivity contribution is 0.0951. The predicted molar refractivity (Wildman–Crippen MR) is 129 cm³/mol. The third-order valence-electron chi connectivity index (χ3n) is 5.08. The quantitative estimate of drug-likeness (QED) is 0.421. The molecule has 2 heterocycles. The molecule has 170 valence electrons. The van der Waals surface area contributed by atoms with E-state index in [1.165, 1.54) is 22.5 Å². The number of rotatable bonds is 6. The van der Waals surface area contributed by atoms with Crippen LogP contribution < -0.4 is 20.3 Å². The number of amides is 1. The first-order valence-corrected chi connectivity index (χ1v) is 11.6. The summed E-state index contributed by atoms with van der Waals surface area (Å²) in [6.45, 7) is 0.556. The molecule has 1 aromatic heterocycles. The minimum Gasteiger partial charge on any atom is -0.454 e. The van der Waals surface area contributed by atoms with Crippen molar-refractivity contribution in [2.24, 2.45) is 0 Å². The van der Waals surface area contributed by atoms with Gasteiger partial charge in [0.1, 0.15) is 5.03 Å². The van der Waals surface area contributed by atoms with Crippen LogP contribution in [0.25, 0.3) is 5.69 Å². The molecule has 4 aromatic rings. The smallest absolute Gasteiger partial charge is 0.271 e. The molecule has 0 atom stereocenters. The summed E-state index contributed by atoms with van der Waals surface area (Å²) in [5, 5.41) is 8.65. The SMILES string of the molecule is O=C(NCc1ccc2c(c1)OCO2)c1ccc(-n2nc(Sc3ccc(Cl)cc3)ccc2=O)cc1. The van der Waals surface area contributed by atoms with Crippen LogP contribution in [0.3, 0.4) is 0 Å². The number of nitrogens with one attached hydrogen (secondary N) is 1. The van der Waals surface area contributed by atoms with Crippen molar-refractivity contribution in [1.29, 1.82) is 0 Å². The van der Waals surface area contributed by atoms with Gasteiger partial charge in [0, 0.05) is 28.1 Å². The highest BCUT2D eigenvalue weighted by Gasteiger charge is 2.14. The molecular formula is C25H18ClN3O4S.